The molecule has 0 radical (unpaired) electrons. The number of nitrogens with two attached hydrogens (primary N) is 1. The molecule has 0 saturated carbocycles. The summed E-state index contributed by atoms with van der Waals surface area (Å²) in [5, 5.41) is 4.08. The minimum absolute atomic E-state index is 0. The summed E-state index contributed by atoms with van der Waals surface area (Å²) in [6, 6.07) is 12.7. The lowest BCUT2D eigenvalue weighted by Crippen LogP contribution is -2.23. The maximum atomic E-state index is 13.2. The quantitative estimate of drug-likeness (QED) is 0.325. The standard InChI is InChI=1S/C18H19FN4.HI/c1-12-2-5-15(6-3-12)23-18(20)21-9-8-13-11-22-17-10-14(19)4-7-16(13)17;/h2-7,10-11,22H,8-9H2,1H3,(H3,20,21,23);1H. The van der Waals surface area contributed by atoms with Gasteiger partial charge in [0.25, 0.3) is 0 Å². The fourth-order valence-corrected chi connectivity index (χ4v) is 2.49. The van der Waals surface area contributed by atoms with E-state index in [-0.39, 0.29) is 29.8 Å². The van der Waals surface area contributed by atoms with E-state index in [2.05, 4.69) is 15.3 Å². The molecule has 0 unspecified atom stereocenters. The summed E-state index contributed by atoms with van der Waals surface area (Å²) in [7, 11) is 0. The molecule has 24 heavy (non-hydrogen) atoms. The van der Waals surface area contributed by atoms with Gasteiger partial charge in [-0.15, -0.1) is 24.0 Å². The Bertz CT molecular complexity index is 840. The summed E-state index contributed by atoms with van der Waals surface area (Å²) >= 11 is 0. The van der Waals surface area contributed by atoms with Gasteiger partial charge < -0.3 is 16.0 Å². The first-order valence-corrected chi connectivity index (χ1v) is 7.51. The molecule has 0 atom stereocenters. The molecule has 4 N–H and O–H groups in total. The molecule has 1 heterocycles. The largest absolute Gasteiger partial charge is 0.370 e. The van der Waals surface area contributed by atoms with Crippen molar-refractivity contribution >= 4 is 46.5 Å². The lowest BCUT2D eigenvalue weighted by molar-refractivity contribution is 0.629. The third-order valence-electron chi connectivity index (χ3n) is 3.72. The second kappa shape index (κ2) is 8.14. The highest BCUT2D eigenvalue weighted by Crippen LogP contribution is 2.19. The maximum Gasteiger partial charge on any atom is 0.193 e. The highest BCUT2D eigenvalue weighted by atomic mass is 127. The average molecular weight is 438 g/mol. The van der Waals surface area contributed by atoms with Crippen molar-refractivity contribution in [1.82, 2.24) is 4.98 Å². The van der Waals surface area contributed by atoms with E-state index in [1.165, 1.54) is 17.7 Å². The molecule has 0 fully saturated rings. The molecular formula is C18H20FIN4. The summed E-state index contributed by atoms with van der Waals surface area (Å²) in [5.41, 5.74) is 9.91. The van der Waals surface area contributed by atoms with Crippen molar-refractivity contribution in [3.63, 3.8) is 0 Å². The molecule has 3 aromatic rings. The first-order chi connectivity index (χ1) is 11.1. The first-order valence-electron chi connectivity index (χ1n) is 7.51. The van der Waals surface area contributed by atoms with E-state index in [0.29, 0.717) is 12.5 Å². The molecule has 2 aromatic carbocycles. The zero-order valence-electron chi connectivity index (χ0n) is 13.3. The van der Waals surface area contributed by atoms with Gasteiger partial charge in [0.1, 0.15) is 5.82 Å². The van der Waals surface area contributed by atoms with Crippen LogP contribution in [-0.2, 0) is 6.42 Å². The normalized spacial score (nSPS) is 11.3. The molecule has 126 valence electrons. The number of hydrogen-bond acceptors (Lipinski definition) is 1. The van der Waals surface area contributed by atoms with Crippen LogP contribution in [0.1, 0.15) is 11.1 Å². The van der Waals surface area contributed by atoms with Crippen LogP contribution in [0.2, 0.25) is 0 Å². The molecule has 0 bridgehead atoms. The monoisotopic (exact) mass is 438 g/mol. The number of halogens is 2. The van der Waals surface area contributed by atoms with Crippen LogP contribution in [-0.4, -0.2) is 17.5 Å². The number of nitrogens with one attached hydrogen (secondary N) is 2. The number of guanidine groups is 1. The van der Waals surface area contributed by atoms with Gasteiger partial charge >= 0.3 is 0 Å². The van der Waals surface area contributed by atoms with Crippen LogP contribution < -0.4 is 11.1 Å². The molecule has 0 aliphatic heterocycles. The Morgan fingerprint density at radius 2 is 1.96 bits per heavy atom. The van der Waals surface area contributed by atoms with Gasteiger partial charge in [0.15, 0.2) is 5.96 Å². The lowest BCUT2D eigenvalue weighted by Gasteiger charge is -2.05. The number of benzene rings is 2. The van der Waals surface area contributed by atoms with Gasteiger partial charge in [-0.2, -0.15) is 0 Å². The molecular weight excluding hydrogens is 418 g/mol. The molecule has 0 aliphatic carbocycles. The number of rotatable bonds is 4. The molecule has 0 aliphatic rings. The fraction of sp³-hybridized carbons (Fsp3) is 0.167. The summed E-state index contributed by atoms with van der Waals surface area (Å²) in [6.45, 7) is 2.60. The molecule has 0 saturated heterocycles. The Balaban J connectivity index is 0.00000208. The van der Waals surface area contributed by atoms with E-state index in [1.807, 2.05) is 37.4 Å². The number of anilines is 1. The summed E-state index contributed by atoms with van der Waals surface area (Å²) in [4.78, 5) is 7.41. The molecule has 1 aromatic heterocycles. The highest BCUT2D eigenvalue weighted by molar-refractivity contribution is 14.0. The predicted molar refractivity (Wildman–Crippen MR) is 109 cm³/mol. The van der Waals surface area contributed by atoms with E-state index in [1.54, 1.807) is 6.07 Å². The van der Waals surface area contributed by atoms with Gasteiger partial charge in [-0.05, 0) is 49.2 Å². The Morgan fingerprint density at radius 1 is 1.21 bits per heavy atom. The predicted octanol–water partition coefficient (Wildman–Crippen LogP) is 4.20. The smallest absolute Gasteiger partial charge is 0.193 e. The highest BCUT2D eigenvalue weighted by Gasteiger charge is 2.04. The van der Waals surface area contributed by atoms with E-state index < -0.39 is 0 Å². The average Bonchev–Trinajstić information content (AvgIpc) is 2.92. The van der Waals surface area contributed by atoms with Crippen LogP contribution >= 0.6 is 24.0 Å². The van der Waals surface area contributed by atoms with E-state index in [4.69, 9.17) is 5.73 Å². The number of H-pyrrole nitrogens is 1. The van der Waals surface area contributed by atoms with Crippen molar-refractivity contribution < 1.29 is 4.39 Å². The summed E-state index contributed by atoms with van der Waals surface area (Å²) in [5.74, 6) is 0.148. The third-order valence-corrected chi connectivity index (χ3v) is 3.72. The van der Waals surface area contributed by atoms with Crippen LogP contribution in [0.3, 0.4) is 0 Å². The van der Waals surface area contributed by atoms with E-state index in [9.17, 15) is 4.39 Å². The zero-order chi connectivity index (χ0) is 16.2. The number of fused-ring (bicyclic) bond motifs is 1. The molecule has 6 heteroatoms. The fourth-order valence-electron chi connectivity index (χ4n) is 2.49. The first kappa shape index (κ1) is 18.3. The van der Waals surface area contributed by atoms with Crippen molar-refractivity contribution in [2.24, 2.45) is 10.7 Å². The SMILES string of the molecule is Cc1ccc(NC(N)=NCCc2c[nH]c3cc(F)ccc23)cc1.I. The van der Waals surface area contributed by atoms with Gasteiger partial charge in [0.05, 0.1) is 0 Å². The van der Waals surface area contributed by atoms with Crippen LogP contribution in [0.25, 0.3) is 10.9 Å². The minimum Gasteiger partial charge on any atom is -0.370 e. The second-order valence-corrected chi connectivity index (χ2v) is 5.51. The van der Waals surface area contributed by atoms with Gasteiger partial charge in [-0.1, -0.05) is 17.7 Å². The Morgan fingerprint density at radius 3 is 2.71 bits per heavy atom. The van der Waals surface area contributed by atoms with Crippen LogP contribution in [0.15, 0.2) is 53.7 Å². The van der Waals surface area contributed by atoms with Crippen LogP contribution in [0, 0.1) is 12.7 Å². The Labute approximate surface area is 157 Å². The number of aromatic nitrogens is 1. The van der Waals surface area contributed by atoms with Crippen LogP contribution in [0.4, 0.5) is 10.1 Å². The van der Waals surface area contributed by atoms with Gasteiger partial charge in [0.2, 0.25) is 0 Å². The van der Waals surface area contributed by atoms with Gasteiger partial charge in [-0.25, -0.2) is 4.39 Å². The van der Waals surface area contributed by atoms with Crippen molar-refractivity contribution in [2.75, 3.05) is 11.9 Å². The lowest BCUT2D eigenvalue weighted by atomic mass is 10.1. The summed E-state index contributed by atoms with van der Waals surface area (Å²) in [6.07, 6.45) is 2.63. The van der Waals surface area contributed by atoms with E-state index >= 15 is 0 Å². The molecule has 3 rings (SSSR count). The van der Waals surface area contributed by atoms with Gasteiger partial charge in [-0.3, -0.25) is 4.99 Å². The van der Waals surface area contributed by atoms with Crippen molar-refractivity contribution in [3.8, 4) is 0 Å². The minimum atomic E-state index is -0.240. The topological polar surface area (TPSA) is 66.2 Å². The Hall–Kier alpha value is -2.09. The number of aryl methyl sites for hydroxylation is 1. The van der Waals surface area contributed by atoms with Crippen molar-refractivity contribution in [2.45, 2.75) is 13.3 Å². The number of aromatic amines is 1. The van der Waals surface area contributed by atoms with E-state index in [0.717, 1.165) is 28.6 Å². The van der Waals surface area contributed by atoms with Crippen molar-refractivity contribution in [1.29, 1.82) is 0 Å². The zero-order valence-corrected chi connectivity index (χ0v) is 15.7. The molecule has 0 amide bonds. The number of hydrogen-bond donors (Lipinski definition) is 3. The number of aliphatic imine (C=N–C) groups is 1. The second-order valence-electron chi connectivity index (χ2n) is 5.51. The Kier molecular flexibility index (Phi) is 6.19. The van der Waals surface area contributed by atoms with Crippen LogP contribution in [0.5, 0.6) is 0 Å². The maximum absolute atomic E-state index is 13.2. The van der Waals surface area contributed by atoms with Crippen molar-refractivity contribution in [3.05, 3.63) is 65.6 Å². The van der Waals surface area contributed by atoms with Gasteiger partial charge in [0, 0.05) is 29.3 Å². The summed E-state index contributed by atoms with van der Waals surface area (Å²) < 4.78 is 13.2. The molecule has 4 nitrogen and oxygen atoms in total. The third kappa shape index (κ3) is 4.47. The molecule has 0 spiro atoms. The number of nitrogens with zero attached hydrogens (tertiary/aromatic N) is 1.